The molecule has 25 heavy (non-hydrogen) atoms. The van der Waals surface area contributed by atoms with Crippen molar-refractivity contribution < 1.29 is 13.9 Å². The molecule has 2 aromatic rings. The fourth-order valence-electron chi connectivity index (χ4n) is 2.24. The van der Waals surface area contributed by atoms with Gasteiger partial charge in [0, 0.05) is 5.56 Å². The van der Waals surface area contributed by atoms with Crippen molar-refractivity contribution in [1.29, 1.82) is 5.26 Å². The minimum absolute atomic E-state index is 0.0131. The average molecular weight is 360 g/mol. The molecule has 0 radical (unpaired) electrons. The summed E-state index contributed by atoms with van der Waals surface area (Å²) >= 11 is 6.33. The van der Waals surface area contributed by atoms with Crippen molar-refractivity contribution in [3.05, 3.63) is 58.4 Å². The second-order valence-corrected chi connectivity index (χ2v) is 5.93. The van der Waals surface area contributed by atoms with E-state index in [1.165, 1.54) is 13.2 Å². The number of rotatable bonds is 6. The molecule has 0 heterocycles. The Morgan fingerprint density at radius 2 is 2.08 bits per heavy atom. The van der Waals surface area contributed by atoms with E-state index >= 15 is 0 Å². The molecule has 0 saturated heterocycles. The highest BCUT2D eigenvalue weighted by Gasteiger charge is 2.15. The van der Waals surface area contributed by atoms with Gasteiger partial charge in [-0.05, 0) is 43.2 Å². The summed E-state index contributed by atoms with van der Waals surface area (Å²) in [6.45, 7) is 3.95. The largest absolute Gasteiger partial charge is 0.493 e. The summed E-state index contributed by atoms with van der Waals surface area (Å²) < 4.78 is 25.1. The molecular formula is C20H19ClFNO2. The first-order valence-corrected chi connectivity index (χ1v) is 8.28. The van der Waals surface area contributed by atoms with Crippen LogP contribution < -0.4 is 9.47 Å². The normalized spacial score (nSPS) is 12.4. The van der Waals surface area contributed by atoms with Crippen LogP contribution in [0.3, 0.4) is 0 Å². The van der Waals surface area contributed by atoms with E-state index in [2.05, 4.69) is 0 Å². The van der Waals surface area contributed by atoms with Gasteiger partial charge >= 0.3 is 0 Å². The lowest BCUT2D eigenvalue weighted by molar-refractivity contribution is 0.208. The zero-order valence-electron chi connectivity index (χ0n) is 14.3. The molecule has 0 aliphatic heterocycles. The second-order valence-electron chi connectivity index (χ2n) is 5.52. The van der Waals surface area contributed by atoms with Crippen LogP contribution in [0, 0.1) is 17.1 Å². The van der Waals surface area contributed by atoms with Gasteiger partial charge in [-0.25, -0.2) is 4.39 Å². The number of hydrogen-bond acceptors (Lipinski definition) is 3. The Morgan fingerprint density at radius 3 is 2.68 bits per heavy atom. The Balaban J connectivity index is 2.48. The molecule has 0 spiro atoms. The van der Waals surface area contributed by atoms with Crippen LogP contribution in [0.2, 0.25) is 5.02 Å². The zero-order chi connectivity index (χ0) is 18.4. The van der Waals surface area contributed by atoms with Crippen LogP contribution in [-0.4, -0.2) is 13.2 Å². The highest BCUT2D eigenvalue weighted by atomic mass is 35.5. The number of nitriles is 1. The quantitative estimate of drug-likeness (QED) is 0.488. The SMILES string of the molecule is CC[C@H](C)Oc1c(Cl)cc(/C=C(/C#N)c2ccccc2F)cc1OC. The summed E-state index contributed by atoms with van der Waals surface area (Å²) in [5.74, 6) is 0.468. The van der Waals surface area contributed by atoms with Crippen molar-refractivity contribution >= 4 is 23.3 Å². The molecule has 0 aliphatic rings. The molecule has 130 valence electrons. The molecule has 2 rings (SSSR count). The topological polar surface area (TPSA) is 42.2 Å². The Bertz CT molecular complexity index is 827. The van der Waals surface area contributed by atoms with Crippen LogP contribution >= 0.6 is 11.6 Å². The van der Waals surface area contributed by atoms with Gasteiger partial charge in [-0.1, -0.05) is 36.7 Å². The Labute approximate surface area is 152 Å². The molecule has 3 nitrogen and oxygen atoms in total. The molecule has 0 aromatic heterocycles. The predicted octanol–water partition coefficient (Wildman–Crippen LogP) is 5.73. The smallest absolute Gasteiger partial charge is 0.180 e. The molecule has 1 atom stereocenters. The first-order valence-electron chi connectivity index (χ1n) is 7.91. The molecule has 0 fully saturated rings. The summed E-state index contributed by atoms with van der Waals surface area (Å²) in [7, 11) is 1.52. The van der Waals surface area contributed by atoms with Gasteiger partial charge in [0.15, 0.2) is 11.5 Å². The average Bonchev–Trinajstić information content (AvgIpc) is 2.62. The standard InChI is InChI=1S/C20H19ClFNO2/c1-4-13(2)25-20-17(21)10-14(11-19(20)24-3)9-15(12-23)16-7-5-6-8-18(16)22/h5-11,13H,4H2,1-3H3/b15-9-/t13-/m0/s1. The molecule has 0 aliphatic carbocycles. The third-order valence-corrected chi connectivity index (χ3v) is 4.02. The van der Waals surface area contributed by atoms with E-state index in [-0.39, 0.29) is 17.2 Å². The summed E-state index contributed by atoms with van der Waals surface area (Å²) in [5.41, 5.74) is 1.06. The summed E-state index contributed by atoms with van der Waals surface area (Å²) in [6, 6.07) is 11.5. The number of hydrogen-bond donors (Lipinski definition) is 0. The Hall–Kier alpha value is -2.51. The van der Waals surface area contributed by atoms with Gasteiger partial charge in [-0.15, -0.1) is 0 Å². The van der Waals surface area contributed by atoms with Crippen molar-refractivity contribution in [2.45, 2.75) is 26.4 Å². The monoisotopic (exact) mass is 359 g/mol. The van der Waals surface area contributed by atoms with Crippen molar-refractivity contribution in [3.63, 3.8) is 0 Å². The molecule has 5 heteroatoms. The summed E-state index contributed by atoms with van der Waals surface area (Å²) in [5, 5.41) is 9.76. The minimum Gasteiger partial charge on any atom is -0.493 e. The molecule has 0 saturated carbocycles. The Morgan fingerprint density at radius 1 is 1.36 bits per heavy atom. The molecule has 0 N–H and O–H groups in total. The number of methoxy groups -OCH3 is 1. The number of ether oxygens (including phenoxy) is 2. The second kappa shape index (κ2) is 8.55. The van der Waals surface area contributed by atoms with Gasteiger partial charge in [-0.2, -0.15) is 5.26 Å². The fourth-order valence-corrected chi connectivity index (χ4v) is 2.50. The number of halogens is 2. The first kappa shape index (κ1) is 18.8. The first-order chi connectivity index (χ1) is 12.0. The third kappa shape index (κ3) is 4.52. The maximum atomic E-state index is 13.9. The number of benzene rings is 2. The van der Waals surface area contributed by atoms with E-state index < -0.39 is 5.82 Å². The molecule has 2 aromatic carbocycles. The van der Waals surface area contributed by atoms with Crippen LogP contribution in [0.1, 0.15) is 31.4 Å². The molecule has 0 bridgehead atoms. The summed E-state index contributed by atoms with van der Waals surface area (Å²) in [4.78, 5) is 0. The van der Waals surface area contributed by atoms with Gasteiger partial charge in [0.25, 0.3) is 0 Å². The van der Waals surface area contributed by atoms with Gasteiger partial charge in [-0.3, -0.25) is 0 Å². The lowest BCUT2D eigenvalue weighted by atomic mass is 10.0. The van der Waals surface area contributed by atoms with Crippen molar-refractivity contribution in [3.8, 4) is 17.6 Å². The number of allylic oxidation sites excluding steroid dienone is 1. The molecule has 0 amide bonds. The van der Waals surface area contributed by atoms with Gasteiger partial charge in [0.05, 0.1) is 29.9 Å². The maximum absolute atomic E-state index is 13.9. The van der Waals surface area contributed by atoms with Gasteiger partial charge < -0.3 is 9.47 Å². The Kier molecular flexibility index (Phi) is 6.44. The van der Waals surface area contributed by atoms with Crippen LogP contribution in [0.5, 0.6) is 11.5 Å². The van der Waals surface area contributed by atoms with Crippen LogP contribution in [0.15, 0.2) is 36.4 Å². The van der Waals surface area contributed by atoms with E-state index in [0.29, 0.717) is 22.1 Å². The third-order valence-electron chi connectivity index (χ3n) is 3.74. The lowest BCUT2D eigenvalue weighted by Gasteiger charge is -2.17. The van der Waals surface area contributed by atoms with Crippen LogP contribution in [0.4, 0.5) is 4.39 Å². The van der Waals surface area contributed by atoms with Crippen LogP contribution in [-0.2, 0) is 0 Å². The molecular weight excluding hydrogens is 341 g/mol. The predicted molar refractivity (Wildman–Crippen MR) is 98.3 cm³/mol. The van der Waals surface area contributed by atoms with Gasteiger partial charge in [0.2, 0.25) is 0 Å². The number of nitrogens with zero attached hydrogens (tertiary/aromatic N) is 1. The van der Waals surface area contributed by atoms with E-state index in [1.54, 1.807) is 36.4 Å². The molecule has 0 unspecified atom stereocenters. The van der Waals surface area contributed by atoms with E-state index in [1.807, 2.05) is 19.9 Å². The van der Waals surface area contributed by atoms with E-state index in [4.69, 9.17) is 21.1 Å². The van der Waals surface area contributed by atoms with Crippen LogP contribution in [0.25, 0.3) is 11.6 Å². The summed E-state index contributed by atoms with van der Waals surface area (Å²) in [6.07, 6.45) is 2.38. The van der Waals surface area contributed by atoms with Gasteiger partial charge in [0.1, 0.15) is 5.82 Å². The fraction of sp³-hybridized carbons (Fsp3) is 0.250. The maximum Gasteiger partial charge on any atom is 0.180 e. The van der Waals surface area contributed by atoms with Crippen molar-refractivity contribution in [1.82, 2.24) is 0 Å². The van der Waals surface area contributed by atoms with E-state index in [9.17, 15) is 9.65 Å². The highest BCUT2D eigenvalue weighted by Crippen LogP contribution is 2.38. The van der Waals surface area contributed by atoms with Crippen molar-refractivity contribution in [2.75, 3.05) is 7.11 Å². The minimum atomic E-state index is -0.454. The highest BCUT2D eigenvalue weighted by molar-refractivity contribution is 6.32. The lowest BCUT2D eigenvalue weighted by Crippen LogP contribution is -2.11. The van der Waals surface area contributed by atoms with E-state index in [0.717, 1.165) is 6.42 Å². The van der Waals surface area contributed by atoms with Crippen molar-refractivity contribution in [2.24, 2.45) is 0 Å². The zero-order valence-corrected chi connectivity index (χ0v) is 15.1.